The summed E-state index contributed by atoms with van der Waals surface area (Å²) < 4.78 is 5.56. The highest BCUT2D eigenvalue weighted by Gasteiger charge is 2.06. The molecule has 19 heavy (non-hydrogen) atoms. The Morgan fingerprint density at radius 1 is 1.00 bits per heavy atom. The summed E-state index contributed by atoms with van der Waals surface area (Å²) in [4.78, 5) is 0. The van der Waals surface area contributed by atoms with Gasteiger partial charge in [0.1, 0.15) is 0 Å². The first-order valence-corrected chi connectivity index (χ1v) is 6.98. The molecule has 2 aromatic carbocycles. The summed E-state index contributed by atoms with van der Waals surface area (Å²) in [5.41, 5.74) is 5.19. The number of rotatable bonds is 5. The third kappa shape index (κ3) is 3.45. The third-order valence-corrected chi connectivity index (χ3v) is 3.34. The van der Waals surface area contributed by atoms with Crippen LogP contribution in [-0.4, -0.2) is 6.61 Å². The lowest BCUT2D eigenvalue weighted by atomic mass is 9.95. The van der Waals surface area contributed by atoms with Crippen LogP contribution in [0.15, 0.2) is 48.5 Å². The van der Waals surface area contributed by atoms with E-state index in [1.165, 1.54) is 22.3 Å². The highest BCUT2D eigenvalue weighted by Crippen LogP contribution is 2.27. The van der Waals surface area contributed by atoms with E-state index in [2.05, 4.69) is 62.4 Å². The Kier molecular flexibility index (Phi) is 4.75. The maximum absolute atomic E-state index is 5.56. The predicted octanol–water partition coefficient (Wildman–Crippen LogP) is 5.01. The summed E-state index contributed by atoms with van der Waals surface area (Å²) in [6.45, 7) is 7.91. The fourth-order valence-corrected chi connectivity index (χ4v) is 2.21. The van der Waals surface area contributed by atoms with Crippen molar-refractivity contribution in [2.24, 2.45) is 0 Å². The first kappa shape index (κ1) is 13.8. The Hall–Kier alpha value is -1.60. The zero-order valence-corrected chi connectivity index (χ0v) is 12.0. The number of benzene rings is 2. The van der Waals surface area contributed by atoms with Crippen LogP contribution in [0.1, 0.15) is 37.8 Å². The summed E-state index contributed by atoms with van der Waals surface area (Å²) in [5.74, 6) is 0.555. The highest BCUT2D eigenvalue weighted by atomic mass is 16.5. The summed E-state index contributed by atoms with van der Waals surface area (Å²) in [5, 5.41) is 0. The van der Waals surface area contributed by atoms with Crippen LogP contribution < -0.4 is 0 Å². The van der Waals surface area contributed by atoms with Crippen molar-refractivity contribution in [3.63, 3.8) is 0 Å². The highest BCUT2D eigenvalue weighted by molar-refractivity contribution is 5.68. The van der Waals surface area contributed by atoms with Gasteiger partial charge in [0.2, 0.25) is 0 Å². The van der Waals surface area contributed by atoms with Gasteiger partial charge >= 0.3 is 0 Å². The van der Waals surface area contributed by atoms with Gasteiger partial charge in [0.15, 0.2) is 0 Å². The molecule has 0 saturated heterocycles. The topological polar surface area (TPSA) is 9.23 Å². The predicted molar refractivity (Wildman–Crippen MR) is 81.3 cm³/mol. The normalized spacial score (nSPS) is 10.9. The molecule has 0 aromatic heterocycles. The molecule has 0 saturated carbocycles. The Morgan fingerprint density at radius 3 is 2.53 bits per heavy atom. The van der Waals surface area contributed by atoms with Gasteiger partial charge in [-0.1, -0.05) is 62.4 Å². The summed E-state index contributed by atoms with van der Waals surface area (Å²) in [6.07, 6.45) is 0. The van der Waals surface area contributed by atoms with Gasteiger partial charge in [-0.05, 0) is 35.1 Å². The molecule has 0 unspecified atom stereocenters. The summed E-state index contributed by atoms with van der Waals surface area (Å²) in [6, 6.07) is 17.3. The molecule has 0 heterocycles. The maximum atomic E-state index is 5.56. The number of ether oxygens (including phenoxy) is 1. The molecular weight excluding hydrogens is 232 g/mol. The van der Waals surface area contributed by atoms with Gasteiger partial charge in [0, 0.05) is 6.61 Å². The first-order valence-electron chi connectivity index (χ1n) is 6.98. The van der Waals surface area contributed by atoms with Crippen molar-refractivity contribution in [3.05, 3.63) is 59.7 Å². The molecule has 0 aliphatic carbocycles. The van der Waals surface area contributed by atoms with Crippen LogP contribution in [0.2, 0.25) is 0 Å². The average molecular weight is 254 g/mol. The zero-order valence-electron chi connectivity index (χ0n) is 12.0. The van der Waals surface area contributed by atoms with Crippen LogP contribution in [0.3, 0.4) is 0 Å². The lowest BCUT2D eigenvalue weighted by molar-refractivity contribution is 0.134. The smallest absolute Gasteiger partial charge is 0.0722 e. The SMILES string of the molecule is CCOCc1ccccc1-c1cccc(C(C)C)c1. The third-order valence-electron chi connectivity index (χ3n) is 3.34. The van der Waals surface area contributed by atoms with Gasteiger partial charge in [-0.25, -0.2) is 0 Å². The molecule has 100 valence electrons. The van der Waals surface area contributed by atoms with Crippen molar-refractivity contribution in [1.82, 2.24) is 0 Å². The van der Waals surface area contributed by atoms with Gasteiger partial charge in [-0.15, -0.1) is 0 Å². The molecule has 1 heteroatoms. The Balaban J connectivity index is 2.38. The Labute approximate surface area is 116 Å². The molecule has 0 fully saturated rings. The summed E-state index contributed by atoms with van der Waals surface area (Å²) >= 11 is 0. The van der Waals surface area contributed by atoms with Gasteiger partial charge in [0.25, 0.3) is 0 Å². The largest absolute Gasteiger partial charge is 0.377 e. The molecule has 0 amide bonds. The second-order valence-corrected chi connectivity index (χ2v) is 5.07. The van der Waals surface area contributed by atoms with Crippen LogP contribution in [0.5, 0.6) is 0 Å². The van der Waals surface area contributed by atoms with Crippen LogP contribution in [-0.2, 0) is 11.3 Å². The molecule has 1 nitrogen and oxygen atoms in total. The first-order chi connectivity index (χ1) is 9.22. The van der Waals surface area contributed by atoms with Gasteiger partial charge < -0.3 is 4.74 Å². The van der Waals surface area contributed by atoms with Crippen LogP contribution in [0.4, 0.5) is 0 Å². The van der Waals surface area contributed by atoms with E-state index in [0.29, 0.717) is 12.5 Å². The fourth-order valence-electron chi connectivity index (χ4n) is 2.21. The zero-order chi connectivity index (χ0) is 13.7. The van der Waals surface area contributed by atoms with Crippen molar-refractivity contribution < 1.29 is 4.74 Å². The van der Waals surface area contributed by atoms with Crippen molar-refractivity contribution in [2.45, 2.75) is 33.3 Å². The average Bonchev–Trinajstić information content (AvgIpc) is 2.45. The van der Waals surface area contributed by atoms with Crippen molar-refractivity contribution in [2.75, 3.05) is 6.61 Å². The molecule has 0 bridgehead atoms. The Bertz CT molecular complexity index is 529. The lowest BCUT2D eigenvalue weighted by Gasteiger charge is -2.12. The summed E-state index contributed by atoms with van der Waals surface area (Å²) in [7, 11) is 0. The van der Waals surface area contributed by atoms with E-state index in [-0.39, 0.29) is 0 Å². The lowest BCUT2D eigenvalue weighted by Crippen LogP contribution is -1.95. The second kappa shape index (κ2) is 6.53. The molecule has 2 aromatic rings. The van der Waals surface area contributed by atoms with Crippen LogP contribution >= 0.6 is 0 Å². The van der Waals surface area contributed by atoms with E-state index in [9.17, 15) is 0 Å². The quantitative estimate of drug-likeness (QED) is 0.728. The number of hydrogen-bond donors (Lipinski definition) is 0. The molecule has 0 aliphatic rings. The van der Waals surface area contributed by atoms with Crippen LogP contribution in [0, 0.1) is 0 Å². The van der Waals surface area contributed by atoms with Crippen molar-refractivity contribution in [3.8, 4) is 11.1 Å². The van der Waals surface area contributed by atoms with Gasteiger partial charge in [-0.3, -0.25) is 0 Å². The number of hydrogen-bond acceptors (Lipinski definition) is 1. The molecule has 0 radical (unpaired) electrons. The minimum Gasteiger partial charge on any atom is -0.377 e. The minimum absolute atomic E-state index is 0.555. The molecular formula is C18H22O. The van der Waals surface area contributed by atoms with E-state index >= 15 is 0 Å². The monoisotopic (exact) mass is 254 g/mol. The molecule has 0 atom stereocenters. The fraction of sp³-hybridized carbons (Fsp3) is 0.333. The van der Waals surface area contributed by atoms with Crippen molar-refractivity contribution >= 4 is 0 Å². The second-order valence-electron chi connectivity index (χ2n) is 5.07. The van der Waals surface area contributed by atoms with E-state index in [0.717, 1.165) is 6.61 Å². The van der Waals surface area contributed by atoms with E-state index < -0.39 is 0 Å². The van der Waals surface area contributed by atoms with E-state index in [4.69, 9.17) is 4.74 Å². The standard InChI is InChI=1S/C18H22O/c1-4-19-13-17-8-5-6-11-18(17)16-10-7-9-15(12-16)14(2)3/h5-12,14H,4,13H2,1-3H3. The van der Waals surface area contributed by atoms with Crippen molar-refractivity contribution in [1.29, 1.82) is 0 Å². The minimum atomic E-state index is 0.555. The van der Waals surface area contributed by atoms with Gasteiger partial charge in [-0.2, -0.15) is 0 Å². The van der Waals surface area contributed by atoms with Crippen LogP contribution in [0.25, 0.3) is 11.1 Å². The molecule has 0 spiro atoms. The maximum Gasteiger partial charge on any atom is 0.0722 e. The molecule has 0 aliphatic heterocycles. The molecule has 0 N–H and O–H groups in total. The van der Waals surface area contributed by atoms with Gasteiger partial charge in [0.05, 0.1) is 6.61 Å². The van der Waals surface area contributed by atoms with E-state index in [1.54, 1.807) is 0 Å². The Morgan fingerprint density at radius 2 is 1.79 bits per heavy atom. The van der Waals surface area contributed by atoms with E-state index in [1.807, 2.05) is 6.92 Å². The molecule has 2 rings (SSSR count).